The van der Waals surface area contributed by atoms with E-state index in [4.69, 9.17) is 0 Å². The Balaban J connectivity index is 1.81. The monoisotopic (exact) mass is 374 g/mol. The van der Waals surface area contributed by atoms with Crippen LogP contribution in [0.25, 0.3) is 0 Å². The maximum atomic E-state index is 11.2. The van der Waals surface area contributed by atoms with Gasteiger partial charge in [0.25, 0.3) is 0 Å². The molecule has 6 nitrogen and oxygen atoms in total. The molecule has 0 aliphatic rings. The lowest BCUT2D eigenvalue weighted by molar-refractivity contribution is 0.187. The van der Waals surface area contributed by atoms with E-state index < -0.39 is 6.09 Å². The number of hydrogen-bond donors (Lipinski definition) is 3. The molecule has 0 fully saturated rings. The Kier molecular flexibility index (Phi) is 7.47. The minimum atomic E-state index is -0.476. The summed E-state index contributed by atoms with van der Waals surface area (Å²) in [7, 11) is 3.10. The van der Waals surface area contributed by atoms with Crippen LogP contribution in [0.5, 0.6) is 0 Å². The van der Waals surface area contributed by atoms with Crippen molar-refractivity contribution in [2.24, 2.45) is 4.99 Å². The summed E-state index contributed by atoms with van der Waals surface area (Å²) >= 11 is 1.83. The smallest absolute Gasteiger partial charge is 0.411 e. The van der Waals surface area contributed by atoms with E-state index in [1.165, 1.54) is 16.9 Å². The van der Waals surface area contributed by atoms with Crippen molar-refractivity contribution in [3.63, 3.8) is 0 Å². The molecule has 7 heteroatoms. The lowest BCUT2D eigenvalue weighted by Gasteiger charge is -2.17. The molecule has 0 radical (unpaired) electrons. The molecule has 0 saturated carbocycles. The van der Waals surface area contributed by atoms with Crippen LogP contribution in [0.3, 0.4) is 0 Å². The molecule has 1 heterocycles. The standard InChI is InChI=1S/C19H26N4O2S/c1-13(11-17-10-5-14(2)26-17)22-18(20-3)21-12-15-6-8-16(9-7-15)23-19(24)25-4/h5-10,13H,11-12H2,1-4H3,(H,23,24)(H2,20,21,22). The summed E-state index contributed by atoms with van der Waals surface area (Å²) in [5, 5.41) is 9.35. The molecule has 0 bridgehead atoms. The van der Waals surface area contributed by atoms with Crippen LogP contribution in [0.15, 0.2) is 41.4 Å². The number of hydrogen-bond acceptors (Lipinski definition) is 4. The van der Waals surface area contributed by atoms with E-state index in [0.29, 0.717) is 12.2 Å². The van der Waals surface area contributed by atoms with E-state index in [0.717, 1.165) is 17.9 Å². The van der Waals surface area contributed by atoms with Gasteiger partial charge in [0.1, 0.15) is 0 Å². The van der Waals surface area contributed by atoms with Gasteiger partial charge in [0.15, 0.2) is 5.96 Å². The number of carbonyl (C=O) groups excluding carboxylic acids is 1. The number of rotatable bonds is 6. The minimum Gasteiger partial charge on any atom is -0.453 e. The summed E-state index contributed by atoms with van der Waals surface area (Å²) in [6.07, 6.45) is 0.489. The van der Waals surface area contributed by atoms with Crippen molar-refractivity contribution in [1.82, 2.24) is 10.6 Å². The van der Waals surface area contributed by atoms with E-state index in [-0.39, 0.29) is 6.04 Å². The van der Waals surface area contributed by atoms with Crippen LogP contribution in [-0.2, 0) is 17.7 Å². The normalized spacial score (nSPS) is 12.4. The van der Waals surface area contributed by atoms with Gasteiger partial charge in [-0.2, -0.15) is 0 Å². The second-order valence-corrected chi connectivity index (χ2v) is 7.37. The molecule has 1 aromatic heterocycles. The average Bonchev–Trinajstić information content (AvgIpc) is 3.04. The zero-order chi connectivity index (χ0) is 18.9. The van der Waals surface area contributed by atoms with E-state index in [9.17, 15) is 4.79 Å². The second kappa shape index (κ2) is 9.82. The predicted octanol–water partition coefficient (Wildman–Crippen LogP) is 3.53. The summed E-state index contributed by atoms with van der Waals surface area (Å²) in [6.45, 7) is 4.91. The van der Waals surface area contributed by atoms with Crippen molar-refractivity contribution in [1.29, 1.82) is 0 Å². The largest absolute Gasteiger partial charge is 0.453 e. The number of guanidine groups is 1. The number of ether oxygens (including phenoxy) is 1. The SMILES string of the molecule is CN=C(NCc1ccc(NC(=O)OC)cc1)NC(C)Cc1ccc(C)s1. The number of thiophene rings is 1. The quantitative estimate of drug-likeness (QED) is 0.534. The fourth-order valence-corrected chi connectivity index (χ4v) is 3.46. The maximum Gasteiger partial charge on any atom is 0.411 e. The Morgan fingerprint density at radius 1 is 1.23 bits per heavy atom. The second-order valence-electron chi connectivity index (χ2n) is 6.00. The topological polar surface area (TPSA) is 74.8 Å². The Morgan fingerprint density at radius 3 is 2.54 bits per heavy atom. The number of benzene rings is 1. The maximum absolute atomic E-state index is 11.2. The summed E-state index contributed by atoms with van der Waals surface area (Å²) < 4.78 is 4.57. The van der Waals surface area contributed by atoms with Crippen molar-refractivity contribution in [3.8, 4) is 0 Å². The Morgan fingerprint density at radius 2 is 1.96 bits per heavy atom. The number of methoxy groups -OCH3 is 1. The first-order valence-corrected chi connectivity index (χ1v) is 9.28. The van der Waals surface area contributed by atoms with Crippen LogP contribution < -0.4 is 16.0 Å². The van der Waals surface area contributed by atoms with Gasteiger partial charge in [-0.05, 0) is 43.7 Å². The summed E-state index contributed by atoms with van der Waals surface area (Å²) in [6, 6.07) is 12.2. The van der Waals surface area contributed by atoms with Crippen molar-refractivity contribution >= 4 is 29.1 Å². The first-order valence-electron chi connectivity index (χ1n) is 8.46. The fourth-order valence-electron chi connectivity index (χ4n) is 2.44. The molecule has 0 aliphatic heterocycles. The van der Waals surface area contributed by atoms with Crippen molar-refractivity contribution in [2.45, 2.75) is 32.9 Å². The molecule has 3 N–H and O–H groups in total. The number of carbonyl (C=O) groups is 1. The third-order valence-electron chi connectivity index (χ3n) is 3.76. The van der Waals surface area contributed by atoms with Crippen LogP contribution >= 0.6 is 11.3 Å². The first kappa shape index (κ1) is 19.8. The van der Waals surface area contributed by atoms with Crippen LogP contribution in [0.2, 0.25) is 0 Å². The zero-order valence-corrected chi connectivity index (χ0v) is 16.4. The third-order valence-corrected chi connectivity index (χ3v) is 4.78. The summed E-state index contributed by atoms with van der Waals surface area (Å²) in [5.41, 5.74) is 1.79. The third kappa shape index (κ3) is 6.40. The first-order chi connectivity index (χ1) is 12.5. The highest BCUT2D eigenvalue weighted by atomic mass is 32.1. The van der Waals surface area contributed by atoms with Gasteiger partial charge < -0.3 is 15.4 Å². The predicted molar refractivity (Wildman–Crippen MR) is 108 cm³/mol. The Labute approximate surface area is 158 Å². The number of aliphatic imine (C=N–C) groups is 1. The molecular weight excluding hydrogens is 348 g/mol. The van der Waals surface area contributed by atoms with Crippen LogP contribution in [-0.4, -0.2) is 32.3 Å². The Hall–Kier alpha value is -2.54. The zero-order valence-electron chi connectivity index (χ0n) is 15.6. The van der Waals surface area contributed by atoms with E-state index in [1.807, 2.05) is 35.6 Å². The van der Waals surface area contributed by atoms with E-state index in [2.05, 4.69) is 51.7 Å². The molecule has 2 aromatic rings. The van der Waals surface area contributed by atoms with Crippen LogP contribution in [0.4, 0.5) is 10.5 Å². The highest BCUT2D eigenvalue weighted by Crippen LogP contribution is 2.16. The van der Waals surface area contributed by atoms with E-state index >= 15 is 0 Å². The molecule has 0 aliphatic carbocycles. The molecule has 0 saturated heterocycles. The van der Waals surface area contributed by atoms with Gasteiger partial charge >= 0.3 is 6.09 Å². The number of nitrogens with one attached hydrogen (secondary N) is 3. The Bertz CT molecular complexity index is 740. The van der Waals surface area contributed by atoms with Crippen LogP contribution in [0.1, 0.15) is 22.2 Å². The highest BCUT2D eigenvalue weighted by Gasteiger charge is 2.08. The lowest BCUT2D eigenvalue weighted by Crippen LogP contribution is -2.42. The number of nitrogens with zero attached hydrogens (tertiary/aromatic N) is 1. The minimum absolute atomic E-state index is 0.283. The van der Waals surface area contributed by atoms with E-state index in [1.54, 1.807) is 7.05 Å². The fraction of sp³-hybridized carbons (Fsp3) is 0.368. The van der Waals surface area contributed by atoms with Crippen molar-refractivity contribution in [3.05, 3.63) is 51.7 Å². The molecule has 140 valence electrons. The molecule has 1 amide bonds. The van der Waals surface area contributed by atoms with Gasteiger partial charge in [-0.25, -0.2) is 4.79 Å². The molecule has 0 spiro atoms. The number of amides is 1. The van der Waals surface area contributed by atoms with Gasteiger partial charge in [0, 0.05) is 41.5 Å². The van der Waals surface area contributed by atoms with Crippen molar-refractivity contribution < 1.29 is 9.53 Å². The van der Waals surface area contributed by atoms with Gasteiger partial charge in [0.05, 0.1) is 7.11 Å². The molecule has 26 heavy (non-hydrogen) atoms. The van der Waals surface area contributed by atoms with Crippen molar-refractivity contribution in [2.75, 3.05) is 19.5 Å². The molecule has 1 aromatic carbocycles. The summed E-state index contributed by atoms with van der Waals surface area (Å²) in [4.78, 5) is 18.2. The van der Waals surface area contributed by atoms with Gasteiger partial charge in [-0.15, -0.1) is 11.3 Å². The highest BCUT2D eigenvalue weighted by molar-refractivity contribution is 7.11. The number of aryl methyl sites for hydroxylation is 1. The van der Waals surface area contributed by atoms with Gasteiger partial charge in [-0.1, -0.05) is 12.1 Å². The molecule has 1 atom stereocenters. The average molecular weight is 375 g/mol. The molecule has 1 unspecified atom stereocenters. The molecular formula is C19H26N4O2S. The number of anilines is 1. The molecule has 2 rings (SSSR count). The lowest BCUT2D eigenvalue weighted by atomic mass is 10.2. The van der Waals surface area contributed by atoms with Gasteiger partial charge in [-0.3, -0.25) is 10.3 Å². The summed E-state index contributed by atoms with van der Waals surface area (Å²) in [5.74, 6) is 0.766. The van der Waals surface area contributed by atoms with Crippen LogP contribution in [0, 0.1) is 6.92 Å². The van der Waals surface area contributed by atoms with Gasteiger partial charge in [0.2, 0.25) is 0 Å².